The van der Waals surface area contributed by atoms with E-state index in [9.17, 15) is 0 Å². The summed E-state index contributed by atoms with van der Waals surface area (Å²) in [5.74, 6) is 8.05. The molecule has 9 unspecified atom stereocenters. The van der Waals surface area contributed by atoms with Crippen LogP contribution in [0.4, 0.5) is 0 Å². The third kappa shape index (κ3) is 4.54. The summed E-state index contributed by atoms with van der Waals surface area (Å²) in [5.41, 5.74) is 16.3. The Hall–Kier alpha value is -3.78. The lowest BCUT2D eigenvalue weighted by Gasteiger charge is -2.41. The zero-order valence-corrected chi connectivity index (χ0v) is 31.0. The van der Waals surface area contributed by atoms with Crippen molar-refractivity contribution in [3.05, 3.63) is 118 Å². The Morgan fingerprint density at radius 3 is 2.06 bits per heavy atom. The molecular weight excluding hydrogens is 629 g/mol. The van der Waals surface area contributed by atoms with Crippen molar-refractivity contribution in [3.63, 3.8) is 0 Å². The van der Waals surface area contributed by atoms with Gasteiger partial charge in [0.2, 0.25) is 0 Å². The summed E-state index contributed by atoms with van der Waals surface area (Å²) >= 11 is 0. The molecule has 13 rings (SSSR count). The molecule has 4 fully saturated rings. The van der Waals surface area contributed by atoms with Gasteiger partial charge in [0.25, 0.3) is 0 Å². The Kier molecular flexibility index (Phi) is 6.70. The highest BCUT2D eigenvalue weighted by Gasteiger charge is 2.44. The molecule has 0 N–H and O–H groups in total. The highest BCUT2D eigenvalue weighted by atomic mass is 14.7. The van der Waals surface area contributed by atoms with Crippen molar-refractivity contribution in [2.24, 2.45) is 23.7 Å². The van der Waals surface area contributed by atoms with Crippen molar-refractivity contribution in [2.45, 2.75) is 126 Å². The quantitative estimate of drug-likeness (QED) is 0.190. The molecule has 0 amide bonds. The summed E-state index contributed by atoms with van der Waals surface area (Å²) in [5, 5.41) is 2.78. The van der Waals surface area contributed by atoms with Gasteiger partial charge < -0.3 is 0 Å². The van der Waals surface area contributed by atoms with Crippen molar-refractivity contribution in [2.75, 3.05) is 0 Å². The van der Waals surface area contributed by atoms with Crippen molar-refractivity contribution < 1.29 is 0 Å². The van der Waals surface area contributed by atoms with E-state index in [2.05, 4.69) is 93.0 Å². The summed E-state index contributed by atoms with van der Waals surface area (Å²) in [7, 11) is 0. The van der Waals surface area contributed by atoms with E-state index < -0.39 is 0 Å². The van der Waals surface area contributed by atoms with E-state index in [0.717, 1.165) is 35.5 Å². The van der Waals surface area contributed by atoms with E-state index in [1.54, 1.807) is 38.9 Å². The number of benzene rings is 3. The van der Waals surface area contributed by atoms with Gasteiger partial charge in [0, 0.05) is 28.9 Å². The third-order valence-corrected chi connectivity index (χ3v) is 16.2. The number of fused-ring (bicyclic) bond motifs is 10. The molecule has 0 radical (unpaired) electrons. The maximum atomic E-state index is 5.14. The monoisotopic (exact) mass is 680 g/mol. The molecule has 3 aromatic carbocycles. The molecule has 5 aromatic rings. The Morgan fingerprint density at radius 2 is 1.21 bits per heavy atom. The first-order valence-corrected chi connectivity index (χ1v) is 21.2. The van der Waals surface area contributed by atoms with E-state index in [0.29, 0.717) is 29.6 Å². The van der Waals surface area contributed by atoms with Crippen LogP contribution in [0.25, 0.3) is 33.3 Å². The predicted molar refractivity (Wildman–Crippen MR) is 212 cm³/mol. The second kappa shape index (κ2) is 11.4. The minimum atomic E-state index is 0.542. The number of aromatic nitrogens is 2. The van der Waals surface area contributed by atoms with Crippen LogP contribution in [0.5, 0.6) is 0 Å². The summed E-state index contributed by atoms with van der Waals surface area (Å²) in [6.07, 6.45) is 19.4. The molecule has 2 heteroatoms. The maximum Gasteiger partial charge on any atom is 0.0780 e. The summed E-state index contributed by atoms with van der Waals surface area (Å²) in [6.45, 7) is 5.08. The first kappa shape index (κ1) is 30.7. The molecule has 8 bridgehead atoms. The van der Waals surface area contributed by atoms with Crippen LogP contribution in [-0.2, 0) is 0 Å². The van der Waals surface area contributed by atoms with Gasteiger partial charge in [0.15, 0.2) is 0 Å². The molecule has 52 heavy (non-hydrogen) atoms. The molecule has 0 spiro atoms. The summed E-state index contributed by atoms with van der Waals surface area (Å²) < 4.78 is 0. The highest BCUT2D eigenvalue weighted by molar-refractivity contribution is 5.97. The van der Waals surface area contributed by atoms with Crippen molar-refractivity contribution >= 4 is 10.8 Å². The zero-order chi connectivity index (χ0) is 34.2. The van der Waals surface area contributed by atoms with Crippen LogP contribution >= 0.6 is 0 Å². The van der Waals surface area contributed by atoms with Crippen molar-refractivity contribution in [1.82, 2.24) is 9.97 Å². The Labute approximate surface area is 309 Å². The van der Waals surface area contributed by atoms with Gasteiger partial charge in [-0.25, -0.2) is 0 Å². The molecule has 2 heterocycles. The molecule has 8 aliphatic carbocycles. The summed E-state index contributed by atoms with van der Waals surface area (Å²) in [4.78, 5) is 10.2. The van der Waals surface area contributed by atoms with Gasteiger partial charge in [-0.05, 0) is 204 Å². The second-order valence-electron chi connectivity index (χ2n) is 19.1. The fourth-order valence-corrected chi connectivity index (χ4v) is 14.3. The van der Waals surface area contributed by atoms with Crippen LogP contribution in [0.3, 0.4) is 0 Å². The van der Waals surface area contributed by atoms with Gasteiger partial charge in [-0.2, -0.15) is 0 Å². The first-order chi connectivity index (χ1) is 25.5. The van der Waals surface area contributed by atoms with Crippen LogP contribution in [0.1, 0.15) is 165 Å². The van der Waals surface area contributed by atoms with Crippen LogP contribution in [0, 0.1) is 23.7 Å². The van der Waals surface area contributed by atoms with Gasteiger partial charge in [-0.3, -0.25) is 9.97 Å². The number of pyridine rings is 2. The average molecular weight is 681 g/mol. The molecule has 2 aromatic heterocycles. The van der Waals surface area contributed by atoms with E-state index in [-0.39, 0.29) is 0 Å². The van der Waals surface area contributed by atoms with Crippen molar-refractivity contribution in [3.8, 4) is 22.5 Å². The lowest BCUT2D eigenvalue weighted by molar-refractivity contribution is 0.166. The van der Waals surface area contributed by atoms with Crippen LogP contribution < -0.4 is 0 Å². The lowest BCUT2D eigenvalue weighted by atomic mass is 9.64. The van der Waals surface area contributed by atoms with E-state index >= 15 is 0 Å². The summed E-state index contributed by atoms with van der Waals surface area (Å²) in [6, 6.07) is 27.0. The standard InChI is InChI=1S/C50H52N2/c1-27-14-38-22-35(39-10-8-33(23-44(27)39)48-25-46-31-6-7-32(21-31)47(46)26-52-48)15-28(2)49(38)42-4-3-5-43-41(42)12-13-51-50(43)34-9-11-40-36-17-29-16-30(18-36)20-37(19-29)45(40)24-34/h3-5,8-13,23-32,35-38,49H,6-7,14-22H2,1-2H3. The molecule has 0 saturated heterocycles. The third-order valence-electron chi connectivity index (χ3n) is 16.2. The predicted octanol–water partition coefficient (Wildman–Crippen LogP) is 13.1. The zero-order valence-electron chi connectivity index (χ0n) is 31.0. The molecular formula is C50H52N2. The Bertz CT molecular complexity index is 2250. The molecule has 2 nitrogen and oxygen atoms in total. The smallest absolute Gasteiger partial charge is 0.0780 e. The van der Waals surface area contributed by atoms with Crippen LogP contribution in [-0.4, -0.2) is 9.97 Å². The number of hydrogen-bond donors (Lipinski definition) is 0. The van der Waals surface area contributed by atoms with Gasteiger partial charge in [-0.15, -0.1) is 0 Å². The number of nitrogens with zero attached hydrogens (tertiary/aromatic N) is 2. The molecule has 4 saturated carbocycles. The molecule has 0 aliphatic heterocycles. The first-order valence-electron chi connectivity index (χ1n) is 21.2. The maximum absolute atomic E-state index is 5.14. The Balaban J connectivity index is 0.882. The van der Waals surface area contributed by atoms with Crippen molar-refractivity contribution in [1.29, 1.82) is 0 Å². The van der Waals surface area contributed by atoms with Gasteiger partial charge in [0.1, 0.15) is 0 Å². The average Bonchev–Trinajstić information content (AvgIpc) is 3.72. The fourth-order valence-electron chi connectivity index (χ4n) is 14.3. The van der Waals surface area contributed by atoms with E-state index in [1.165, 1.54) is 104 Å². The molecule has 9 atom stereocenters. The number of rotatable bonds is 3. The molecule has 8 aliphatic rings. The van der Waals surface area contributed by atoms with Crippen LogP contribution in [0.2, 0.25) is 0 Å². The minimum absolute atomic E-state index is 0.542. The van der Waals surface area contributed by atoms with Gasteiger partial charge >= 0.3 is 0 Å². The second-order valence-corrected chi connectivity index (χ2v) is 19.1. The highest BCUT2D eigenvalue weighted by Crippen LogP contribution is 2.58. The lowest BCUT2D eigenvalue weighted by Crippen LogP contribution is -2.28. The minimum Gasteiger partial charge on any atom is -0.256 e. The SMILES string of the molecule is CC1CC2CC(CC(C)C2c2cccc3c(-c4ccc5c(c4)C4CC6CC(CC5C6)C4)nccc23)c2ccc(-c3cc4c(cn3)C3CCC4C3)cc21. The van der Waals surface area contributed by atoms with Gasteiger partial charge in [0.05, 0.1) is 11.4 Å². The molecule has 262 valence electrons. The normalized spacial score (nSPS) is 34.8. The van der Waals surface area contributed by atoms with E-state index in [1.807, 2.05) is 0 Å². The fraction of sp³-hybridized carbons (Fsp3) is 0.480. The Morgan fingerprint density at radius 1 is 0.500 bits per heavy atom. The largest absolute Gasteiger partial charge is 0.256 e. The topological polar surface area (TPSA) is 25.8 Å². The van der Waals surface area contributed by atoms with Gasteiger partial charge in [-0.1, -0.05) is 56.3 Å². The van der Waals surface area contributed by atoms with Crippen LogP contribution in [0.15, 0.2) is 79.1 Å². The van der Waals surface area contributed by atoms with E-state index in [4.69, 9.17) is 9.97 Å². The number of hydrogen-bond acceptors (Lipinski definition) is 2.